The van der Waals surface area contributed by atoms with Crippen molar-refractivity contribution in [3.63, 3.8) is 0 Å². The molecule has 2 aromatic rings. The third-order valence-electron chi connectivity index (χ3n) is 2.73. The number of hydrogen-bond acceptors (Lipinski definition) is 4. The number of halogens is 1. The first-order valence-corrected chi connectivity index (χ1v) is 6.83. The van der Waals surface area contributed by atoms with Gasteiger partial charge in [-0.1, -0.05) is 11.6 Å². The van der Waals surface area contributed by atoms with Gasteiger partial charge in [-0.2, -0.15) is 0 Å². The summed E-state index contributed by atoms with van der Waals surface area (Å²) in [5.41, 5.74) is 2.49. The lowest BCUT2D eigenvalue weighted by atomic mass is 10.2. The molecule has 0 aliphatic rings. The molecule has 6 heteroatoms. The highest BCUT2D eigenvalue weighted by atomic mass is 35.5. The summed E-state index contributed by atoms with van der Waals surface area (Å²) in [4.78, 5) is 20.1. The Morgan fingerprint density at radius 3 is 2.48 bits per heavy atom. The molecule has 110 valence electrons. The maximum atomic E-state index is 11.8. The number of amides is 1. The Morgan fingerprint density at radius 1 is 1.19 bits per heavy atom. The van der Waals surface area contributed by atoms with Gasteiger partial charge >= 0.3 is 0 Å². The molecular formula is C15H16ClN3O2. The Bertz CT molecular complexity index is 654. The van der Waals surface area contributed by atoms with Gasteiger partial charge < -0.3 is 4.74 Å². The minimum Gasteiger partial charge on any atom is -0.484 e. The van der Waals surface area contributed by atoms with Gasteiger partial charge in [-0.25, -0.2) is 9.97 Å². The fraction of sp³-hybridized carbons (Fsp3) is 0.267. The van der Waals surface area contributed by atoms with Gasteiger partial charge in [0.15, 0.2) is 6.61 Å². The smallest absolute Gasteiger partial charge is 0.264 e. The topological polar surface area (TPSA) is 64.1 Å². The lowest BCUT2D eigenvalue weighted by molar-refractivity contribution is -0.118. The van der Waals surface area contributed by atoms with Crippen LogP contribution in [0.15, 0.2) is 24.3 Å². The van der Waals surface area contributed by atoms with Crippen LogP contribution < -0.4 is 10.1 Å². The van der Waals surface area contributed by atoms with Gasteiger partial charge in [-0.15, -0.1) is 0 Å². The summed E-state index contributed by atoms with van der Waals surface area (Å²) in [6.45, 7) is 5.45. The molecule has 0 saturated carbocycles. The van der Waals surface area contributed by atoms with E-state index in [1.54, 1.807) is 18.2 Å². The Morgan fingerprint density at radius 2 is 1.86 bits per heavy atom. The van der Waals surface area contributed by atoms with E-state index in [0.717, 1.165) is 17.0 Å². The lowest BCUT2D eigenvalue weighted by Gasteiger charge is -2.08. The molecule has 1 heterocycles. The second kappa shape index (κ2) is 6.54. The molecule has 1 N–H and O–H groups in total. The molecule has 0 aliphatic heterocycles. The zero-order chi connectivity index (χ0) is 15.4. The van der Waals surface area contributed by atoms with E-state index in [1.165, 1.54) is 0 Å². The standard InChI is InChI=1S/C15H16ClN3O2/c1-9-6-12(4-5-13(9)16)21-8-14(20)19-15-17-10(2)7-11(3)18-15/h4-7H,8H2,1-3H3,(H,17,18,19,20). The fourth-order valence-corrected chi connectivity index (χ4v) is 1.92. The average molecular weight is 306 g/mol. The Labute approximate surface area is 128 Å². The van der Waals surface area contributed by atoms with Crippen LogP contribution in [0, 0.1) is 20.8 Å². The van der Waals surface area contributed by atoms with Crippen molar-refractivity contribution in [3.8, 4) is 5.75 Å². The highest BCUT2D eigenvalue weighted by Gasteiger charge is 2.07. The minimum atomic E-state index is -0.312. The molecule has 0 atom stereocenters. The van der Waals surface area contributed by atoms with Crippen LogP contribution in [-0.2, 0) is 4.79 Å². The molecule has 1 aromatic carbocycles. The summed E-state index contributed by atoms with van der Waals surface area (Å²) >= 11 is 5.93. The van der Waals surface area contributed by atoms with E-state index in [2.05, 4.69) is 15.3 Å². The van der Waals surface area contributed by atoms with Crippen molar-refractivity contribution in [3.05, 3.63) is 46.2 Å². The highest BCUT2D eigenvalue weighted by Crippen LogP contribution is 2.20. The number of carbonyl (C=O) groups excluding carboxylic acids is 1. The molecule has 0 bridgehead atoms. The highest BCUT2D eigenvalue weighted by molar-refractivity contribution is 6.31. The summed E-state index contributed by atoms with van der Waals surface area (Å²) < 4.78 is 5.41. The van der Waals surface area contributed by atoms with Gasteiger partial charge in [0.1, 0.15) is 5.75 Å². The zero-order valence-electron chi connectivity index (χ0n) is 12.1. The van der Waals surface area contributed by atoms with Gasteiger partial charge in [0.2, 0.25) is 5.95 Å². The summed E-state index contributed by atoms with van der Waals surface area (Å²) in [5, 5.41) is 3.27. The minimum absolute atomic E-state index is 0.114. The van der Waals surface area contributed by atoms with Gasteiger partial charge in [0, 0.05) is 16.4 Å². The predicted molar refractivity (Wildman–Crippen MR) is 81.8 cm³/mol. The third-order valence-corrected chi connectivity index (χ3v) is 3.16. The van der Waals surface area contributed by atoms with Crippen molar-refractivity contribution in [1.29, 1.82) is 0 Å². The van der Waals surface area contributed by atoms with Crippen LogP contribution in [0.4, 0.5) is 5.95 Å². The Balaban J connectivity index is 1.94. The molecule has 0 radical (unpaired) electrons. The molecule has 0 unspecified atom stereocenters. The first-order chi connectivity index (χ1) is 9.94. The number of rotatable bonds is 4. The number of hydrogen-bond donors (Lipinski definition) is 1. The Kier molecular flexibility index (Phi) is 4.75. The van der Waals surface area contributed by atoms with Crippen molar-refractivity contribution in [2.75, 3.05) is 11.9 Å². The first kappa shape index (κ1) is 15.3. The largest absolute Gasteiger partial charge is 0.484 e. The molecule has 1 amide bonds. The fourth-order valence-electron chi connectivity index (χ4n) is 1.80. The second-order valence-corrected chi connectivity index (χ2v) is 5.13. The monoisotopic (exact) mass is 305 g/mol. The van der Waals surface area contributed by atoms with E-state index < -0.39 is 0 Å². The molecule has 0 spiro atoms. The second-order valence-electron chi connectivity index (χ2n) is 4.72. The number of aryl methyl sites for hydroxylation is 3. The molecule has 2 rings (SSSR count). The summed E-state index contributed by atoms with van der Waals surface area (Å²) in [6, 6.07) is 7.07. The Hall–Kier alpha value is -2.14. The molecule has 0 aliphatic carbocycles. The van der Waals surface area contributed by atoms with Crippen LogP contribution in [0.5, 0.6) is 5.75 Å². The number of benzene rings is 1. The summed E-state index contributed by atoms with van der Waals surface area (Å²) in [5.74, 6) is 0.564. The van der Waals surface area contributed by atoms with E-state index in [0.29, 0.717) is 10.8 Å². The SMILES string of the molecule is Cc1cc(C)nc(NC(=O)COc2ccc(Cl)c(C)c2)n1. The summed E-state index contributed by atoms with van der Waals surface area (Å²) in [6.07, 6.45) is 0. The van der Waals surface area contributed by atoms with Crippen molar-refractivity contribution in [1.82, 2.24) is 9.97 Å². The number of nitrogens with zero attached hydrogens (tertiary/aromatic N) is 2. The first-order valence-electron chi connectivity index (χ1n) is 6.45. The number of ether oxygens (including phenoxy) is 1. The van der Waals surface area contributed by atoms with Crippen molar-refractivity contribution >= 4 is 23.5 Å². The van der Waals surface area contributed by atoms with Crippen LogP contribution in [0.25, 0.3) is 0 Å². The van der Waals surface area contributed by atoms with E-state index in [-0.39, 0.29) is 18.5 Å². The lowest BCUT2D eigenvalue weighted by Crippen LogP contribution is -2.21. The van der Waals surface area contributed by atoms with Crippen LogP contribution in [0.2, 0.25) is 5.02 Å². The van der Waals surface area contributed by atoms with Gasteiger partial charge in [-0.05, 0) is 50.6 Å². The van der Waals surface area contributed by atoms with Crippen LogP contribution >= 0.6 is 11.6 Å². The third kappa shape index (κ3) is 4.43. The van der Waals surface area contributed by atoms with E-state index in [9.17, 15) is 4.79 Å². The molecule has 0 fully saturated rings. The molecule has 0 saturated heterocycles. The van der Waals surface area contributed by atoms with E-state index in [1.807, 2.05) is 26.8 Å². The van der Waals surface area contributed by atoms with Crippen molar-refractivity contribution < 1.29 is 9.53 Å². The zero-order valence-corrected chi connectivity index (χ0v) is 12.9. The molecular weight excluding hydrogens is 290 g/mol. The number of nitrogens with one attached hydrogen (secondary N) is 1. The number of anilines is 1. The van der Waals surface area contributed by atoms with Crippen LogP contribution in [0.1, 0.15) is 17.0 Å². The van der Waals surface area contributed by atoms with Gasteiger partial charge in [0.25, 0.3) is 5.91 Å². The van der Waals surface area contributed by atoms with Crippen LogP contribution in [-0.4, -0.2) is 22.5 Å². The molecule has 1 aromatic heterocycles. The van der Waals surface area contributed by atoms with Crippen LogP contribution in [0.3, 0.4) is 0 Å². The van der Waals surface area contributed by atoms with E-state index in [4.69, 9.17) is 16.3 Å². The summed E-state index contributed by atoms with van der Waals surface area (Å²) in [7, 11) is 0. The normalized spacial score (nSPS) is 10.3. The van der Waals surface area contributed by atoms with Gasteiger partial charge in [-0.3, -0.25) is 10.1 Å². The van der Waals surface area contributed by atoms with E-state index >= 15 is 0 Å². The van der Waals surface area contributed by atoms with Gasteiger partial charge in [0.05, 0.1) is 0 Å². The average Bonchev–Trinajstić information content (AvgIpc) is 2.39. The predicted octanol–water partition coefficient (Wildman–Crippen LogP) is 3.07. The number of aromatic nitrogens is 2. The quantitative estimate of drug-likeness (QED) is 0.943. The number of carbonyl (C=O) groups is 1. The van der Waals surface area contributed by atoms with Crippen molar-refractivity contribution in [2.45, 2.75) is 20.8 Å². The van der Waals surface area contributed by atoms with Crippen molar-refractivity contribution in [2.24, 2.45) is 0 Å². The molecule has 5 nitrogen and oxygen atoms in total. The molecule has 21 heavy (non-hydrogen) atoms. The maximum Gasteiger partial charge on any atom is 0.264 e. The maximum absolute atomic E-state index is 11.8.